The van der Waals surface area contributed by atoms with E-state index in [4.69, 9.17) is 0 Å². The Morgan fingerprint density at radius 2 is 1.10 bits per heavy atom. The number of hydrogen-bond donors (Lipinski definition) is 0. The van der Waals surface area contributed by atoms with Crippen LogP contribution in [0.3, 0.4) is 0 Å². The maximum atomic E-state index is 13.4. The van der Waals surface area contributed by atoms with Gasteiger partial charge < -0.3 is 0 Å². The predicted molar refractivity (Wildman–Crippen MR) is 115 cm³/mol. The van der Waals surface area contributed by atoms with Gasteiger partial charge in [0.15, 0.2) is 11.6 Å². The van der Waals surface area contributed by atoms with Gasteiger partial charge in [0, 0.05) is 11.1 Å². The first-order valence-corrected chi connectivity index (χ1v) is 9.62. The lowest BCUT2D eigenvalue weighted by Crippen LogP contribution is -1.91. The summed E-state index contributed by atoms with van der Waals surface area (Å²) in [5.41, 5.74) is 5.59. The molecule has 0 aliphatic rings. The van der Waals surface area contributed by atoms with Crippen LogP contribution in [0, 0.1) is 30.4 Å². The van der Waals surface area contributed by atoms with Gasteiger partial charge in [0.25, 0.3) is 0 Å². The summed E-state index contributed by atoms with van der Waals surface area (Å²) in [6.45, 7) is 2.10. The van der Waals surface area contributed by atoms with Gasteiger partial charge in [-0.1, -0.05) is 59.9 Å². The molecular formula is C27H20F2. The van der Waals surface area contributed by atoms with Crippen molar-refractivity contribution in [2.24, 2.45) is 0 Å². The summed E-state index contributed by atoms with van der Waals surface area (Å²) in [6.07, 6.45) is 2.00. The molecule has 0 aromatic heterocycles. The highest BCUT2D eigenvalue weighted by atomic mass is 19.2. The van der Waals surface area contributed by atoms with Crippen LogP contribution in [0.15, 0.2) is 78.9 Å². The van der Waals surface area contributed by atoms with Crippen LogP contribution < -0.4 is 0 Å². The van der Waals surface area contributed by atoms with Gasteiger partial charge in [0.05, 0.1) is 0 Å². The monoisotopic (exact) mass is 382 g/mol. The molecular weight excluding hydrogens is 362 g/mol. The third kappa shape index (κ3) is 4.70. The topological polar surface area (TPSA) is 0 Å². The van der Waals surface area contributed by atoms with E-state index >= 15 is 0 Å². The highest BCUT2D eigenvalue weighted by molar-refractivity contribution is 5.84. The van der Waals surface area contributed by atoms with Crippen LogP contribution in [0.5, 0.6) is 0 Å². The Bertz CT molecular complexity index is 1210. The van der Waals surface area contributed by atoms with Crippen molar-refractivity contribution in [3.05, 3.63) is 118 Å². The van der Waals surface area contributed by atoms with Gasteiger partial charge in [0.2, 0.25) is 0 Å². The Hall–Kier alpha value is -3.44. The van der Waals surface area contributed by atoms with E-state index in [9.17, 15) is 8.78 Å². The van der Waals surface area contributed by atoms with Crippen LogP contribution in [-0.2, 0) is 12.8 Å². The van der Waals surface area contributed by atoms with Gasteiger partial charge in [-0.3, -0.25) is 0 Å². The summed E-state index contributed by atoms with van der Waals surface area (Å²) in [4.78, 5) is 0. The van der Waals surface area contributed by atoms with Crippen LogP contribution in [0.25, 0.3) is 10.8 Å². The molecule has 4 aromatic rings. The van der Waals surface area contributed by atoms with Gasteiger partial charge in [-0.25, -0.2) is 8.78 Å². The van der Waals surface area contributed by atoms with Gasteiger partial charge in [-0.05, 0) is 78.1 Å². The number of hydrogen-bond acceptors (Lipinski definition) is 0. The highest BCUT2D eigenvalue weighted by Crippen LogP contribution is 2.19. The molecule has 0 aliphatic heterocycles. The molecule has 0 fully saturated rings. The molecule has 0 atom stereocenters. The van der Waals surface area contributed by atoms with Crippen molar-refractivity contribution in [3.8, 4) is 11.8 Å². The number of benzene rings is 4. The highest BCUT2D eigenvalue weighted by Gasteiger charge is 2.04. The van der Waals surface area contributed by atoms with Crippen molar-refractivity contribution in [2.75, 3.05) is 0 Å². The minimum Gasteiger partial charge on any atom is -0.204 e. The van der Waals surface area contributed by atoms with Gasteiger partial charge >= 0.3 is 0 Å². The quantitative estimate of drug-likeness (QED) is 0.350. The molecule has 0 aliphatic carbocycles. The van der Waals surface area contributed by atoms with E-state index in [-0.39, 0.29) is 0 Å². The number of aryl methyl sites for hydroxylation is 3. The van der Waals surface area contributed by atoms with E-state index in [1.54, 1.807) is 12.1 Å². The predicted octanol–water partition coefficient (Wildman–Crippen LogP) is 6.61. The van der Waals surface area contributed by atoms with Crippen LogP contribution in [0.2, 0.25) is 0 Å². The van der Waals surface area contributed by atoms with Crippen molar-refractivity contribution >= 4 is 10.8 Å². The molecule has 0 saturated heterocycles. The van der Waals surface area contributed by atoms with E-state index in [1.165, 1.54) is 28.8 Å². The average Bonchev–Trinajstić information content (AvgIpc) is 2.73. The van der Waals surface area contributed by atoms with Gasteiger partial charge in [-0.15, -0.1) is 0 Å². The molecule has 142 valence electrons. The third-order valence-corrected chi connectivity index (χ3v) is 5.01. The smallest absolute Gasteiger partial charge is 0.159 e. The first-order valence-electron chi connectivity index (χ1n) is 9.62. The second kappa shape index (κ2) is 8.29. The van der Waals surface area contributed by atoms with Crippen molar-refractivity contribution < 1.29 is 8.78 Å². The fourth-order valence-corrected chi connectivity index (χ4v) is 3.26. The molecule has 0 spiro atoms. The van der Waals surface area contributed by atoms with Crippen molar-refractivity contribution in [2.45, 2.75) is 19.8 Å². The standard InChI is InChI=1S/C27H20F2/c1-19-2-4-20(5-3-19)6-7-21-8-10-22(11-9-21)12-13-23-14-15-24-17-26(28)27(29)18-25(24)16-23/h2-5,8-11,14-18H,6-7H2,1H3. The summed E-state index contributed by atoms with van der Waals surface area (Å²) in [5, 5.41) is 1.30. The van der Waals surface area contributed by atoms with Crippen molar-refractivity contribution in [1.29, 1.82) is 0 Å². The minimum absolute atomic E-state index is 0.641. The second-order valence-electron chi connectivity index (χ2n) is 7.26. The molecule has 0 unspecified atom stereocenters. The maximum Gasteiger partial charge on any atom is 0.159 e. The largest absolute Gasteiger partial charge is 0.204 e. The molecule has 0 N–H and O–H groups in total. The molecule has 0 nitrogen and oxygen atoms in total. The molecule has 0 amide bonds. The van der Waals surface area contributed by atoms with E-state index in [2.05, 4.69) is 55.2 Å². The number of halogens is 2. The van der Waals surface area contributed by atoms with E-state index in [0.717, 1.165) is 24.0 Å². The molecule has 4 rings (SSSR count). The SMILES string of the molecule is Cc1ccc(CCc2ccc(C#Cc3ccc4cc(F)c(F)cc4c3)cc2)cc1. The number of rotatable bonds is 3. The van der Waals surface area contributed by atoms with Crippen molar-refractivity contribution in [1.82, 2.24) is 0 Å². The Kier molecular flexibility index (Phi) is 5.40. The molecule has 4 aromatic carbocycles. The fourth-order valence-electron chi connectivity index (χ4n) is 3.26. The average molecular weight is 382 g/mol. The lowest BCUT2D eigenvalue weighted by Gasteiger charge is -2.03. The van der Waals surface area contributed by atoms with Crippen molar-refractivity contribution in [3.63, 3.8) is 0 Å². The molecule has 2 heteroatoms. The zero-order valence-corrected chi connectivity index (χ0v) is 16.2. The molecule has 0 bridgehead atoms. The molecule has 29 heavy (non-hydrogen) atoms. The summed E-state index contributed by atoms with van der Waals surface area (Å²) < 4.78 is 26.8. The summed E-state index contributed by atoms with van der Waals surface area (Å²) >= 11 is 0. The van der Waals surface area contributed by atoms with E-state index < -0.39 is 11.6 Å². The maximum absolute atomic E-state index is 13.4. The Labute approximate surface area is 169 Å². The lowest BCUT2D eigenvalue weighted by atomic mass is 10.0. The zero-order chi connectivity index (χ0) is 20.2. The zero-order valence-electron chi connectivity index (χ0n) is 16.2. The first kappa shape index (κ1) is 18.9. The summed E-state index contributed by atoms with van der Waals surface area (Å²) in [7, 11) is 0. The van der Waals surface area contributed by atoms with Gasteiger partial charge in [0.1, 0.15) is 0 Å². The van der Waals surface area contributed by atoms with E-state index in [0.29, 0.717) is 10.8 Å². The van der Waals surface area contributed by atoms with Crippen LogP contribution in [0.1, 0.15) is 27.8 Å². The molecule has 0 saturated carbocycles. The third-order valence-electron chi connectivity index (χ3n) is 5.01. The normalized spacial score (nSPS) is 10.6. The minimum atomic E-state index is -0.844. The number of fused-ring (bicyclic) bond motifs is 1. The van der Waals surface area contributed by atoms with Gasteiger partial charge in [-0.2, -0.15) is 0 Å². The van der Waals surface area contributed by atoms with Crippen LogP contribution in [0.4, 0.5) is 8.78 Å². The fraction of sp³-hybridized carbons (Fsp3) is 0.111. The second-order valence-corrected chi connectivity index (χ2v) is 7.26. The first-order chi connectivity index (χ1) is 14.1. The Morgan fingerprint density at radius 3 is 1.76 bits per heavy atom. The molecule has 0 radical (unpaired) electrons. The molecule has 0 heterocycles. The Morgan fingerprint density at radius 1 is 0.586 bits per heavy atom. The van der Waals surface area contributed by atoms with Crippen LogP contribution in [-0.4, -0.2) is 0 Å². The Balaban J connectivity index is 1.45. The lowest BCUT2D eigenvalue weighted by molar-refractivity contribution is 0.511. The van der Waals surface area contributed by atoms with Crippen LogP contribution >= 0.6 is 0 Å². The van der Waals surface area contributed by atoms with E-state index in [1.807, 2.05) is 18.2 Å². The summed E-state index contributed by atoms with van der Waals surface area (Å²) in [6, 6.07) is 24.7. The summed E-state index contributed by atoms with van der Waals surface area (Å²) in [5.74, 6) is 4.57.